The molecule has 2 aromatic carbocycles. The summed E-state index contributed by atoms with van der Waals surface area (Å²) in [6, 6.07) is 9.97. The number of benzene rings is 2. The third kappa shape index (κ3) is 5.16. The Bertz CT molecular complexity index is 1200. The van der Waals surface area contributed by atoms with Crippen molar-refractivity contribution in [3.63, 3.8) is 0 Å². The molecule has 0 bridgehead atoms. The second-order valence-electron chi connectivity index (χ2n) is 8.00. The van der Waals surface area contributed by atoms with Crippen molar-refractivity contribution in [3.8, 4) is 11.4 Å². The number of aromatic nitrogens is 3. The maximum Gasteiger partial charge on any atom is 0.350 e. The van der Waals surface area contributed by atoms with Crippen LogP contribution in [0.4, 0.5) is 10.1 Å². The van der Waals surface area contributed by atoms with Crippen LogP contribution in [0.3, 0.4) is 0 Å². The highest BCUT2D eigenvalue weighted by molar-refractivity contribution is 6.06. The topological polar surface area (TPSA) is 78.2 Å². The van der Waals surface area contributed by atoms with E-state index in [9.17, 15) is 9.59 Å². The van der Waals surface area contributed by atoms with Gasteiger partial charge < -0.3 is 10.1 Å². The molecule has 3 aromatic rings. The number of anilines is 1. The summed E-state index contributed by atoms with van der Waals surface area (Å²) in [5.41, 5.74) is 1.17. The minimum atomic E-state index is -0.734. The number of nitrogens with zero attached hydrogens (tertiary/aromatic N) is 3. The Morgan fingerprint density at radius 2 is 1.91 bits per heavy atom. The van der Waals surface area contributed by atoms with Gasteiger partial charge in [-0.15, -0.1) is 5.10 Å². The third-order valence-corrected chi connectivity index (χ3v) is 5.58. The zero-order valence-electron chi connectivity index (χ0n) is 19.8. The summed E-state index contributed by atoms with van der Waals surface area (Å²) in [7, 11) is 1.59. The largest absolute Gasteiger partial charge is 0.490 e. The van der Waals surface area contributed by atoms with E-state index in [1.807, 2.05) is 45.9 Å². The Labute approximate surface area is 193 Å². The minimum Gasteiger partial charge on any atom is -0.490 e. The van der Waals surface area contributed by atoms with E-state index in [0.29, 0.717) is 17.9 Å². The Morgan fingerprint density at radius 3 is 2.55 bits per heavy atom. The molecule has 1 atom stereocenters. The molecule has 0 spiro atoms. The Kier molecular flexibility index (Phi) is 7.68. The van der Waals surface area contributed by atoms with Gasteiger partial charge in [-0.25, -0.2) is 9.18 Å². The quantitative estimate of drug-likeness (QED) is 0.510. The fraction of sp³-hybridized carbons (Fsp3) is 0.400. The summed E-state index contributed by atoms with van der Waals surface area (Å²) in [4.78, 5) is 25.8. The van der Waals surface area contributed by atoms with Gasteiger partial charge >= 0.3 is 5.69 Å². The Hall–Kier alpha value is -3.42. The molecule has 1 N–H and O–H groups in total. The van der Waals surface area contributed by atoms with E-state index in [4.69, 9.17) is 4.74 Å². The molecule has 0 fully saturated rings. The molecule has 1 amide bonds. The number of aryl methyl sites for hydroxylation is 2. The SMILES string of the molecule is CCC[C@H](C)Oc1cc(-n2nc(CC)n(C)c2=O)c(F)cc1C(=O)Nc1ccccc1CC. The first-order chi connectivity index (χ1) is 15.8. The number of hydrogen-bond acceptors (Lipinski definition) is 4. The lowest BCUT2D eigenvalue weighted by Crippen LogP contribution is -2.24. The highest BCUT2D eigenvalue weighted by atomic mass is 19.1. The third-order valence-electron chi connectivity index (χ3n) is 5.58. The van der Waals surface area contributed by atoms with Crippen molar-refractivity contribution in [2.75, 3.05) is 5.32 Å². The molecular formula is C25H31FN4O3. The van der Waals surface area contributed by atoms with E-state index >= 15 is 4.39 Å². The summed E-state index contributed by atoms with van der Waals surface area (Å²) in [5, 5.41) is 7.12. The first kappa shape index (κ1) is 24.2. The molecule has 33 heavy (non-hydrogen) atoms. The van der Waals surface area contributed by atoms with Crippen LogP contribution in [0.25, 0.3) is 5.69 Å². The second kappa shape index (κ2) is 10.5. The van der Waals surface area contributed by atoms with Gasteiger partial charge in [-0.05, 0) is 37.5 Å². The van der Waals surface area contributed by atoms with Gasteiger partial charge in [0.15, 0.2) is 0 Å². The van der Waals surface area contributed by atoms with E-state index < -0.39 is 17.4 Å². The van der Waals surface area contributed by atoms with Gasteiger partial charge in [-0.1, -0.05) is 45.4 Å². The zero-order chi connectivity index (χ0) is 24.1. The van der Waals surface area contributed by atoms with Crippen molar-refractivity contribution in [1.82, 2.24) is 14.3 Å². The van der Waals surface area contributed by atoms with Crippen LogP contribution in [0.15, 0.2) is 41.2 Å². The first-order valence-corrected chi connectivity index (χ1v) is 11.3. The van der Waals surface area contributed by atoms with E-state index in [1.165, 1.54) is 10.6 Å². The molecule has 0 saturated carbocycles. The lowest BCUT2D eigenvalue weighted by Gasteiger charge is -2.19. The number of carbonyl (C=O) groups is 1. The normalized spacial score (nSPS) is 11.9. The van der Waals surface area contributed by atoms with Crippen molar-refractivity contribution in [2.45, 2.75) is 59.5 Å². The molecule has 0 radical (unpaired) electrons. The molecule has 3 rings (SSSR count). The summed E-state index contributed by atoms with van der Waals surface area (Å²) in [6.45, 7) is 7.79. The molecule has 0 unspecified atom stereocenters. The number of carbonyl (C=O) groups excluding carboxylic acids is 1. The maximum atomic E-state index is 15.2. The van der Waals surface area contributed by atoms with Crippen LogP contribution in [0.5, 0.6) is 5.75 Å². The van der Waals surface area contributed by atoms with Crippen molar-refractivity contribution < 1.29 is 13.9 Å². The molecule has 0 saturated heterocycles. The van der Waals surface area contributed by atoms with Gasteiger partial charge in [-0.2, -0.15) is 4.68 Å². The van der Waals surface area contributed by atoms with Crippen LogP contribution >= 0.6 is 0 Å². The minimum absolute atomic E-state index is 0.0560. The molecule has 1 heterocycles. The van der Waals surface area contributed by atoms with Crippen LogP contribution < -0.4 is 15.7 Å². The first-order valence-electron chi connectivity index (χ1n) is 11.3. The zero-order valence-corrected chi connectivity index (χ0v) is 19.8. The summed E-state index contributed by atoms with van der Waals surface area (Å²) < 4.78 is 23.7. The van der Waals surface area contributed by atoms with Gasteiger partial charge in [-0.3, -0.25) is 9.36 Å². The van der Waals surface area contributed by atoms with Crippen LogP contribution in [-0.2, 0) is 19.9 Å². The van der Waals surface area contributed by atoms with Crippen molar-refractivity contribution in [3.05, 3.63) is 69.7 Å². The number of rotatable bonds is 9. The number of halogens is 1. The highest BCUT2D eigenvalue weighted by Gasteiger charge is 2.22. The van der Waals surface area contributed by atoms with Gasteiger partial charge in [0.2, 0.25) is 0 Å². The summed E-state index contributed by atoms with van der Waals surface area (Å²) in [6.07, 6.45) is 2.71. The van der Waals surface area contributed by atoms with Gasteiger partial charge in [0.1, 0.15) is 23.1 Å². The fourth-order valence-electron chi connectivity index (χ4n) is 3.74. The van der Waals surface area contributed by atoms with Gasteiger partial charge in [0.25, 0.3) is 5.91 Å². The van der Waals surface area contributed by atoms with Crippen LogP contribution in [0, 0.1) is 5.82 Å². The number of ether oxygens (including phenoxy) is 1. The average Bonchev–Trinajstić information content (AvgIpc) is 3.08. The number of hydrogen-bond donors (Lipinski definition) is 1. The second-order valence-corrected chi connectivity index (χ2v) is 8.00. The van der Waals surface area contributed by atoms with E-state index in [2.05, 4.69) is 10.4 Å². The number of para-hydroxylation sites is 1. The predicted octanol–water partition coefficient (Wildman–Crippen LogP) is 4.65. The molecular weight excluding hydrogens is 423 g/mol. The Morgan fingerprint density at radius 1 is 1.18 bits per heavy atom. The number of nitrogens with one attached hydrogen (secondary N) is 1. The molecule has 176 valence electrons. The van der Waals surface area contributed by atoms with Gasteiger partial charge in [0, 0.05) is 25.2 Å². The fourth-order valence-corrected chi connectivity index (χ4v) is 3.74. The summed E-state index contributed by atoms with van der Waals surface area (Å²) >= 11 is 0. The standard InChI is InChI=1S/C25H31FN4O3/c1-6-11-16(4)33-22-15-21(30-25(32)29(5)23(8-3)28-30)19(26)14-18(22)24(31)27-20-13-10-9-12-17(20)7-2/h9-10,12-16H,6-8,11H2,1-5H3,(H,27,31)/t16-/m0/s1. The molecule has 0 aliphatic heterocycles. The monoisotopic (exact) mass is 454 g/mol. The summed E-state index contributed by atoms with van der Waals surface area (Å²) in [5.74, 6) is -0.487. The maximum absolute atomic E-state index is 15.2. The van der Waals surface area contributed by atoms with Crippen molar-refractivity contribution >= 4 is 11.6 Å². The predicted molar refractivity (Wildman–Crippen MR) is 127 cm³/mol. The smallest absolute Gasteiger partial charge is 0.350 e. The average molecular weight is 455 g/mol. The number of amides is 1. The lowest BCUT2D eigenvalue weighted by molar-refractivity contribution is 0.101. The van der Waals surface area contributed by atoms with Crippen LogP contribution in [0.1, 0.15) is 62.3 Å². The van der Waals surface area contributed by atoms with E-state index in [0.717, 1.165) is 35.6 Å². The molecule has 1 aromatic heterocycles. The van der Waals surface area contributed by atoms with Crippen LogP contribution in [-0.4, -0.2) is 26.4 Å². The molecule has 0 aliphatic carbocycles. The van der Waals surface area contributed by atoms with Crippen molar-refractivity contribution in [1.29, 1.82) is 0 Å². The molecule has 7 nitrogen and oxygen atoms in total. The van der Waals surface area contributed by atoms with E-state index in [1.54, 1.807) is 13.1 Å². The lowest BCUT2D eigenvalue weighted by atomic mass is 10.1. The molecule has 0 aliphatic rings. The Balaban J connectivity index is 2.08. The van der Waals surface area contributed by atoms with Crippen LogP contribution in [0.2, 0.25) is 0 Å². The van der Waals surface area contributed by atoms with Gasteiger partial charge in [0.05, 0.1) is 11.7 Å². The van der Waals surface area contributed by atoms with Crippen molar-refractivity contribution in [2.24, 2.45) is 7.05 Å². The molecule has 8 heteroatoms. The highest BCUT2D eigenvalue weighted by Crippen LogP contribution is 2.28. The van der Waals surface area contributed by atoms with E-state index in [-0.39, 0.29) is 23.1 Å².